The number of ether oxygens (including phenoxy) is 2. The van der Waals surface area contributed by atoms with Crippen LogP contribution in [0.25, 0.3) is 0 Å². The third-order valence-electron chi connectivity index (χ3n) is 4.35. The van der Waals surface area contributed by atoms with Crippen LogP contribution >= 0.6 is 0 Å². The summed E-state index contributed by atoms with van der Waals surface area (Å²) in [5.74, 6) is -2.01. The first-order valence-corrected chi connectivity index (χ1v) is 9.76. The van der Waals surface area contributed by atoms with Crippen molar-refractivity contribution < 1.29 is 23.3 Å². The van der Waals surface area contributed by atoms with Gasteiger partial charge in [-0.15, -0.1) is 0 Å². The monoisotopic (exact) mass is 376 g/mol. The number of carbonyl (C=O) groups is 2. The van der Waals surface area contributed by atoms with Crippen molar-refractivity contribution in [2.45, 2.75) is 32.6 Å². The lowest BCUT2D eigenvalue weighted by molar-refractivity contribution is -0.170. The molecule has 0 heterocycles. The van der Waals surface area contributed by atoms with E-state index in [4.69, 9.17) is 9.47 Å². The first kappa shape index (κ1) is 20.1. The van der Waals surface area contributed by atoms with Gasteiger partial charge in [-0.25, -0.2) is 4.21 Å². The number of allylic oxidation sites excluding steroid dienone is 3. The smallest absolute Gasteiger partial charge is 0.329 e. The molecule has 1 unspecified atom stereocenters. The second kappa shape index (κ2) is 8.45. The highest BCUT2D eigenvalue weighted by atomic mass is 32.2. The lowest BCUT2D eigenvalue weighted by Gasteiger charge is -2.36. The van der Waals surface area contributed by atoms with Crippen LogP contribution in [0.15, 0.2) is 52.3 Å². The van der Waals surface area contributed by atoms with Gasteiger partial charge in [-0.3, -0.25) is 9.59 Å². The summed E-state index contributed by atoms with van der Waals surface area (Å²) in [6.45, 7) is 7.21. The van der Waals surface area contributed by atoms with Gasteiger partial charge in [-0.05, 0) is 39.0 Å². The second-order valence-electron chi connectivity index (χ2n) is 6.04. The SMILES string of the molecule is CCOC(=O)C1(C(=O)OCC)C(S(=O)c2ccc(C)cc2)=CC=C[C@H]1C. The molecule has 1 aromatic rings. The van der Waals surface area contributed by atoms with Crippen LogP contribution in [0.2, 0.25) is 0 Å². The van der Waals surface area contributed by atoms with Crippen LogP contribution in [0.4, 0.5) is 0 Å². The predicted molar refractivity (Wildman–Crippen MR) is 99.7 cm³/mol. The van der Waals surface area contributed by atoms with Gasteiger partial charge in [0.25, 0.3) is 0 Å². The Morgan fingerprint density at radius 3 is 2.12 bits per heavy atom. The van der Waals surface area contributed by atoms with Crippen LogP contribution in [0.5, 0.6) is 0 Å². The zero-order chi connectivity index (χ0) is 19.3. The van der Waals surface area contributed by atoms with E-state index in [9.17, 15) is 13.8 Å². The van der Waals surface area contributed by atoms with Crippen LogP contribution < -0.4 is 0 Å². The molecule has 5 nitrogen and oxygen atoms in total. The molecule has 0 aliphatic heterocycles. The van der Waals surface area contributed by atoms with Crippen LogP contribution in [0.1, 0.15) is 26.3 Å². The maximum Gasteiger partial charge on any atom is 0.329 e. The number of hydrogen-bond acceptors (Lipinski definition) is 5. The number of carbonyl (C=O) groups excluding carboxylic acids is 2. The van der Waals surface area contributed by atoms with E-state index in [0.717, 1.165) is 5.56 Å². The van der Waals surface area contributed by atoms with E-state index in [-0.39, 0.29) is 18.1 Å². The molecule has 26 heavy (non-hydrogen) atoms. The highest BCUT2D eigenvalue weighted by Crippen LogP contribution is 2.45. The van der Waals surface area contributed by atoms with Crippen LogP contribution in [-0.4, -0.2) is 29.4 Å². The average Bonchev–Trinajstić information content (AvgIpc) is 2.62. The van der Waals surface area contributed by atoms with Crippen LogP contribution in [-0.2, 0) is 29.9 Å². The number of aryl methyl sites for hydroxylation is 1. The summed E-state index contributed by atoms with van der Waals surface area (Å²) in [6.07, 6.45) is 5.00. The van der Waals surface area contributed by atoms with E-state index in [0.29, 0.717) is 4.90 Å². The molecule has 0 bridgehead atoms. The summed E-state index contributed by atoms with van der Waals surface area (Å²) in [7, 11) is -1.71. The van der Waals surface area contributed by atoms with E-state index in [1.165, 1.54) is 0 Å². The molecule has 0 N–H and O–H groups in total. The van der Waals surface area contributed by atoms with Crippen LogP contribution in [0, 0.1) is 18.3 Å². The highest BCUT2D eigenvalue weighted by Gasteiger charge is 2.58. The topological polar surface area (TPSA) is 69.7 Å². The van der Waals surface area contributed by atoms with E-state index in [1.54, 1.807) is 51.1 Å². The van der Waals surface area contributed by atoms with Gasteiger partial charge in [0, 0.05) is 10.8 Å². The Labute approximate surface area is 156 Å². The van der Waals surface area contributed by atoms with Gasteiger partial charge in [0.05, 0.1) is 28.9 Å². The molecule has 1 aliphatic rings. The minimum absolute atomic E-state index is 0.112. The Morgan fingerprint density at radius 2 is 1.62 bits per heavy atom. The molecule has 0 amide bonds. The normalized spacial score (nSPS) is 19.4. The van der Waals surface area contributed by atoms with Crippen molar-refractivity contribution in [1.29, 1.82) is 0 Å². The van der Waals surface area contributed by atoms with E-state index in [1.807, 2.05) is 19.1 Å². The minimum Gasteiger partial charge on any atom is -0.465 e. The van der Waals surface area contributed by atoms with Crippen molar-refractivity contribution >= 4 is 22.7 Å². The zero-order valence-electron chi connectivity index (χ0n) is 15.5. The Balaban J connectivity index is 2.61. The minimum atomic E-state index is -1.75. The molecule has 1 aliphatic carbocycles. The van der Waals surface area contributed by atoms with Crippen molar-refractivity contribution in [2.24, 2.45) is 11.3 Å². The largest absolute Gasteiger partial charge is 0.465 e. The molecular weight excluding hydrogens is 352 g/mol. The van der Waals surface area contributed by atoms with Gasteiger partial charge in [-0.1, -0.05) is 36.8 Å². The molecule has 0 saturated heterocycles. The Kier molecular flexibility index (Phi) is 6.53. The van der Waals surface area contributed by atoms with Gasteiger partial charge >= 0.3 is 11.9 Å². The Bertz CT molecular complexity index is 743. The maximum atomic E-state index is 13.3. The molecule has 0 fully saturated rings. The van der Waals surface area contributed by atoms with E-state index >= 15 is 0 Å². The van der Waals surface area contributed by atoms with Crippen molar-refractivity contribution in [3.63, 3.8) is 0 Å². The molecule has 2 atom stereocenters. The van der Waals surface area contributed by atoms with Crippen molar-refractivity contribution in [3.05, 3.63) is 53.0 Å². The lowest BCUT2D eigenvalue weighted by atomic mass is 9.73. The average molecular weight is 376 g/mol. The molecule has 140 valence electrons. The number of hydrogen-bond donors (Lipinski definition) is 0. The summed E-state index contributed by atoms with van der Waals surface area (Å²) in [6, 6.07) is 7.14. The fourth-order valence-electron chi connectivity index (χ4n) is 2.95. The maximum absolute atomic E-state index is 13.3. The van der Waals surface area contributed by atoms with Gasteiger partial charge in [0.15, 0.2) is 0 Å². The van der Waals surface area contributed by atoms with Crippen molar-refractivity contribution in [2.75, 3.05) is 13.2 Å². The van der Waals surface area contributed by atoms with Gasteiger partial charge < -0.3 is 9.47 Å². The molecule has 6 heteroatoms. The third kappa shape index (κ3) is 3.51. The summed E-state index contributed by atoms with van der Waals surface area (Å²) in [5.41, 5.74) is -0.727. The first-order chi connectivity index (χ1) is 12.4. The molecule has 0 spiro atoms. The summed E-state index contributed by atoms with van der Waals surface area (Å²) in [5, 5.41) is 0. The molecule has 1 aromatic carbocycles. The van der Waals surface area contributed by atoms with Crippen molar-refractivity contribution in [3.8, 4) is 0 Å². The summed E-state index contributed by atoms with van der Waals surface area (Å²) in [4.78, 5) is 26.5. The van der Waals surface area contributed by atoms with Gasteiger partial charge in [0.1, 0.15) is 0 Å². The Hall–Kier alpha value is -2.21. The molecule has 0 radical (unpaired) electrons. The Morgan fingerprint density at radius 1 is 1.08 bits per heavy atom. The highest BCUT2D eigenvalue weighted by molar-refractivity contribution is 7.89. The molecule has 2 rings (SSSR count). The number of esters is 2. The second-order valence-corrected chi connectivity index (χ2v) is 7.48. The molecule has 0 aromatic heterocycles. The summed E-state index contributed by atoms with van der Waals surface area (Å²) >= 11 is 0. The predicted octanol–water partition coefficient (Wildman–Crippen LogP) is 3.31. The quantitative estimate of drug-likeness (QED) is 0.563. The standard InChI is InChI=1S/C20H24O5S/c1-5-24-18(21)20(19(22)25-6-2)15(4)8-7-9-17(20)26(23)16-12-10-14(3)11-13-16/h7-13,15H,5-6H2,1-4H3/t15-,26?/m1/s1. The fraction of sp³-hybridized carbons (Fsp3) is 0.400. The molecule has 0 saturated carbocycles. The van der Waals surface area contributed by atoms with Crippen LogP contribution in [0.3, 0.4) is 0 Å². The fourth-order valence-corrected chi connectivity index (χ4v) is 4.44. The lowest BCUT2D eigenvalue weighted by Crippen LogP contribution is -2.49. The van der Waals surface area contributed by atoms with E-state index < -0.39 is 34.1 Å². The number of benzene rings is 1. The summed E-state index contributed by atoms with van der Waals surface area (Å²) < 4.78 is 23.7. The first-order valence-electron chi connectivity index (χ1n) is 8.61. The van der Waals surface area contributed by atoms with Crippen molar-refractivity contribution in [1.82, 2.24) is 0 Å². The zero-order valence-corrected chi connectivity index (χ0v) is 16.3. The third-order valence-corrected chi connectivity index (χ3v) is 5.91. The molecular formula is C20H24O5S. The van der Waals surface area contributed by atoms with E-state index in [2.05, 4.69) is 0 Å². The number of rotatable bonds is 6. The van der Waals surface area contributed by atoms with Gasteiger partial charge in [0.2, 0.25) is 5.41 Å². The van der Waals surface area contributed by atoms with Gasteiger partial charge in [-0.2, -0.15) is 0 Å².